The number of carbonyl (C=O) groups excluding carboxylic acids is 1. The largest absolute Gasteiger partial charge is 0.481 e. The fourth-order valence-electron chi connectivity index (χ4n) is 2.24. The third-order valence-electron chi connectivity index (χ3n) is 3.52. The summed E-state index contributed by atoms with van der Waals surface area (Å²) >= 11 is 0. The molecule has 98 valence electrons. The van der Waals surface area contributed by atoms with Gasteiger partial charge in [0.2, 0.25) is 5.91 Å². The van der Waals surface area contributed by atoms with Gasteiger partial charge in [-0.1, -0.05) is 0 Å². The number of carboxylic acid groups (broad SMARTS) is 1. The molecule has 1 unspecified atom stereocenters. The Morgan fingerprint density at radius 1 is 1.53 bits per heavy atom. The molecule has 1 amide bonds. The van der Waals surface area contributed by atoms with Crippen molar-refractivity contribution in [2.45, 2.75) is 51.7 Å². The molecule has 1 atom stereocenters. The SMILES string of the molecule is CC(C)N1CC(C)(C)N(C)C(=O)C1CC(=O)O. The summed E-state index contributed by atoms with van der Waals surface area (Å²) in [5.41, 5.74) is -0.254. The average Bonchev–Trinajstić information content (AvgIpc) is 2.18. The molecular formula is C12H22N2O3. The lowest BCUT2D eigenvalue weighted by molar-refractivity contribution is -0.156. The Bertz CT molecular complexity index is 326. The van der Waals surface area contributed by atoms with E-state index in [2.05, 4.69) is 0 Å². The zero-order chi connectivity index (χ0) is 13.4. The monoisotopic (exact) mass is 242 g/mol. The molecule has 0 aromatic carbocycles. The number of hydrogen-bond donors (Lipinski definition) is 1. The molecule has 5 nitrogen and oxygen atoms in total. The summed E-state index contributed by atoms with van der Waals surface area (Å²) in [6.07, 6.45) is -0.128. The molecular weight excluding hydrogens is 220 g/mol. The van der Waals surface area contributed by atoms with Gasteiger partial charge in [-0.05, 0) is 27.7 Å². The van der Waals surface area contributed by atoms with Gasteiger partial charge in [-0.2, -0.15) is 0 Å². The van der Waals surface area contributed by atoms with Crippen molar-refractivity contribution in [3.63, 3.8) is 0 Å². The highest BCUT2D eigenvalue weighted by Gasteiger charge is 2.44. The van der Waals surface area contributed by atoms with Gasteiger partial charge in [0.1, 0.15) is 6.04 Å². The molecule has 0 bridgehead atoms. The number of likely N-dealkylation sites (N-methyl/N-ethyl adjacent to an activating group) is 1. The lowest BCUT2D eigenvalue weighted by Gasteiger charge is -2.50. The summed E-state index contributed by atoms with van der Waals surface area (Å²) < 4.78 is 0. The van der Waals surface area contributed by atoms with Crippen molar-refractivity contribution in [2.75, 3.05) is 13.6 Å². The first-order valence-corrected chi connectivity index (χ1v) is 5.92. The van der Waals surface area contributed by atoms with E-state index in [1.54, 1.807) is 11.9 Å². The second-order valence-electron chi connectivity index (χ2n) is 5.59. The predicted octanol–water partition coefficient (Wildman–Crippen LogP) is 0.791. The zero-order valence-electron chi connectivity index (χ0n) is 11.2. The van der Waals surface area contributed by atoms with Crippen LogP contribution in [0.4, 0.5) is 0 Å². The Labute approximate surface area is 102 Å². The maximum atomic E-state index is 12.2. The van der Waals surface area contributed by atoms with Crippen LogP contribution >= 0.6 is 0 Å². The van der Waals surface area contributed by atoms with E-state index in [1.165, 1.54) is 0 Å². The molecule has 1 fully saturated rings. The third-order valence-corrected chi connectivity index (χ3v) is 3.52. The minimum absolute atomic E-state index is 0.0997. The van der Waals surface area contributed by atoms with Crippen molar-refractivity contribution in [3.8, 4) is 0 Å². The molecule has 1 rings (SSSR count). The van der Waals surface area contributed by atoms with Crippen molar-refractivity contribution < 1.29 is 14.7 Å². The van der Waals surface area contributed by atoms with Crippen LogP contribution in [-0.4, -0.2) is 58.0 Å². The molecule has 1 N–H and O–H groups in total. The molecule has 0 aromatic heterocycles. The molecule has 0 aromatic rings. The molecule has 1 heterocycles. The summed E-state index contributed by atoms with van der Waals surface area (Å²) in [6, 6.07) is -0.373. The van der Waals surface area contributed by atoms with Gasteiger partial charge in [0.25, 0.3) is 0 Å². The van der Waals surface area contributed by atoms with E-state index >= 15 is 0 Å². The maximum Gasteiger partial charge on any atom is 0.305 e. The van der Waals surface area contributed by atoms with E-state index in [1.807, 2.05) is 32.6 Å². The molecule has 17 heavy (non-hydrogen) atoms. The number of carboxylic acids is 1. The van der Waals surface area contributed by atoms with Gasteiger partial charge in [-0.3, -0.25) is 14.5 Å². The molecule has 1 aliphatic rings. The summed E-state index contributed by atoms with van der Waals surface area (Å²) in [4.78, 5) is 26.7. The van der Waals surface area contributed by atoms with Gasteiger partial charge in [0.05, 0.1) is 6.42 Å². The molecule has 1 saturated heterocycles. The highest BCUT2D eigenvalue weighted by atomic mass is 16.4. The summed E-state index contributed by atoms with van der Waals surface area (Å²) in [6.45, 7) is 8.67. The first kappa shape index (κ1) is 14.0. The Morgan fingerprint density at radius 2 is 2.06 bits per heavy atom. The van der Waals surface area contributed by atoms with Gasteiger partial charge >= 0.3 is 5.97 Å². The number of nitrogens with zero attached hydrogens (tertiary/aromatic N) is 2. The van der Waals surface area contributed by atoms with Gasteiger partial charge in [0, 0.05) is 25.2 Å². The zero-order valence-corrected chi connectivity index (χ0v) is 11.2. The summed E-state index contributed by atoms with van der Waals surface area (Å²) in [5.74, 6) is -1.03. The molecule has 0 spiro atoms. The van der Waals surface area contributed by atoms with Gasteiger partial charge < -0.3 is 10.0 Å². The van der Waals surface area contributed by atoms with Crippen LogP contribution in [0.2, 0.25) is 0 Å². The fourth-order valence-corrected chi connectivity index (χ4v) is 2.24. The number of aliphatic carboxylic acids is 1. The van der Waals surface area contributed by atoms with E-state index in [4.69, 9.17) is 5.11 Å². The van der Waals surface area contributed by atoms with Gasteiger partial charge in [-0.15, -0.1) is 0 Å². The third kappa shape index (κ3) is 2.77. The molecule has 0 aliphatic carbocycles. The number of hydrogen-bond acceptors (Lipinski definition) is 3. The van der Waals surface area contributed by atoms with Crippen LogP contribution in [-0.2, 0) is 9.59 Å². The van der Waals surface area contributed by atoms with Crippen LogP contribution < -0.4 is 0 Å². The smallest absolute Gasteiger partial charge is 0.305 e. The van der Waals surface area contributed by atoms with E-state index in [-0.39, 0.29) is 23.9 Å². The summed E-state index contributed by atoms with van der Waals surface area (Å²) in [5, 5.41) is 8.90. The quantitative estimate of drug-likeness (QED) is 0.795. The van der Waals surface area contributed by atoms with E-state index in [0.717, 1.165) is 0 Å². The summed E-state index contributed by atoms with van der Waals surface area (Å²) in [7, 11) is 1.74. The Balaban J connectivity index is 3.00. The van der Waals surface area contributed by atoms with Crippen LogP contribution in [0.3, 0.4) is 0 Å². The second-order valence-corrected chi connectivity index (χ2v) is 5.59. The van der Waals surface area contributed by atoms with E-state index in [9.17, 15) is 9.59 Å². The number of amides is 1. The van der Waals surface area contributed by atoms with Crippen LogP contribution in [0, 0.1) is 0 Å². The normalized spacial score (nSPS) is 25.4. The number of piperazine rings is 1. The van der Waals surface area contributed by atoms with Gasteiger partial charge in [0.15, 0.2) is 0 Å². The van der Waals surface area contributed by atoms with Crippen LogP contribution in [0.25, 0.3) is 0 Å². The van der Waals surface area contributed by atoms with Crippen molar-refractivity contribution >= 4 is 11.9 Å². The molecule has 0 saturated carbocycles. The standard InChI is InChI=1S/C12H22N2O3/c1-8(2)14-7-12(3,4)13(5)11(17)9(14)6-10(15)16/h8-9H,6-7H2,1-5H3,(H,15,16). The lowest BCUT2D eigenvalue weighted by atomic mass is 9.93. The molecule has 0 radical (unpaired) electrons. The molecule has 5 heteroatoms. The van der Waals surface area contributed by atoms with Crippen molar-refractivity contribution in [1.82, 2.24) is 9.80 Å². The first-order chi connectivity index (χ1) is 7.66. The minimum atomic E-state index is -0.929. The van der Waals surface area contributed by atoms with Gasteiger partial charge in [-0.25, -0.2) is 0 Å². The Hall–Kier alpha value is -1.10. The number of carbonyl (C=O) groups is 2. The second kappa shape index (κ2) is 4.64. The average molecular weight is 242 g/mol. The van der Waals surface area contributed by atoms with Crippen LogP contribution in [0.15, 0.2) is 0 Å². The van der Waals surface area contributed by atoms with E-state index < -0.39 is 12.0 Å². The molecule has 1 aliphatic heterocycles. The van der Waals surface area contributed by atoms with Crippen molar-refractivity contribution in [1.29, 1.82) is 0 Å². The Kier molecular flexibility index (Phi) is 3.81. The number of rotatable bonds is 3. The van der Waals surface area contributed by atoms with Crippen LogP contribution in [0.5, 0.6) is 0 Å². The first-order valence-electron chi connectivity index (χ1n) is 5.92. The van der Waals surface area contributed by atoms with Crippen molar-refractivity contribution in [3.05, 3.63) is 0 Å². The van der Waals surface area contributed by atoms with Crippen molar-refractivity contribution in [2.24, 2.45) is 0 Å². The van der Waals surface area contributed by atoms with E-state index in [0.29, 0.717) is 6.54 Å². The topological polar surface area (TPSA) is 60.9 Å². The highest BCUT2D eigenvalue weighted by Crippen LogP contribution is 2.27. The highest BCUT2D eigenvalue weighted by molar-refractivity contribution is 5.87. The minimum Gasteiger partial charge on any atom is -0.481 e. The Morgan fingerprint density at radius 3 is 2.47 bits per heavy atom. The maximum absolute atomic E-state index is 12.2. The predicted molar refractivity (Wildman–Crippen MR) is 64.7 cm³/mol. The van der Waals surface area contributed by atoms with Crippen LogP contribution in [0.1, 0.15) is 34.1 Å². The lowest BCUT2D eigenvalue weighted by Crippen LogP contribution is -2.66. The fraction of sp³-hybridized carbons (Fsp3) is 0.833.